The zero-order valence-corrected chi connectivity index (χ0v) is 16.9. The third kappa shape index (κ3) is 3.67. The van der Waals surface area contributed by atoms with Gasteiger partial charge in [-0.3, -0.25) is 0 Å². The molecule has 3 aromatic rings. The number of hydrogen-bond acceptors (Lipinski definition) is 6. The highest BCUT2D eigenvalue weighted by molar-refractivity contribution is 7.17. The van der Waals surface area contributed by atoms with Crippen LogP contribution in [0, 0.1) is 0 Å². The Hall–Kier alpha value is -2.65. The van der Waals surface area contributed by atoms with Gasteiger partial charge in [-0.1, -0.05) is 22.9 Å². The maximum atomic E-state index is 11.2. The van der Waals surface area contributed by atoms with Crippen molar-refractivity contribution >= 4 is 29.0 Å². The van der Waals surface area contributed by atoms with Crippen LogP contribution in [0.25, 0.3) is 15.7 Å². The van der Waals surface area contributed by atoms with E-state index in [-0.39, 0.29) is 6.10 Å². The summed E-state index contributed by atoms with van der Waals surface area (Å²) in [7, 11) is 0. The van der Waals surface area contributed by atoms with Gasteiger partial charge in [-0.2, -0.15) is 5.10 Å². The fraction of sp³-hybridized carbons (Fsp3) is 0.333. The largest absolute Gasteiger partial charge is 0.489 e. The highest BCUT2D eigenvalue weighted by Crippen LogP contribution is 2.33. The molecule has 0 spiro atoms. The first kappa shape index (κ1) is 18.7. The number of ether oxygens (including phenoxy) is 1. The second kappa shape index (κ2) is 7.40. The predicted octanol–water partition coefficient (Wildman–Crippen LogP) is 3.87. The Kier molecular flexibility index (Phi) is 4.94. The lowest BCUT2D eigenvalue weighted by atomic mass is 10.1. The molecule has 146 valence electrons. The Morgan fingerprint density at radius 3 is 2.89 bits per heavy atom. The Labute approximate surface area is 170 Å². The summed E-state index contributed by atoms with van der Waals surface area (Å²) in [6.07, 6.45) is 1.53. The minimum absolute atomic E-state index is 0.0411. The molecule has 1 aromatic carbocycles. The molecule has 0 unspecified atom stereocenters. The second-order valence-electron chi connectivity index (χ2n) is 6.70. The van der Waals surface area contributed by atoms with Gasteiger partial charge in [-0.05, 0) is 32.0 Å². The molecule has 8 nitrogen and oxygen atoms in total. The van der Waals surface area contributed by atoms with E-state index in [1.54, 1.807) is 4.68 Å². The molecule has 4 rings (SSSR count). The van der Waals surface area contributed by atoms with Crippen LogP contribution in [-0.4, -0.2) is 48.7 Å². The van der Waals surface area contributed by atoms with Crippen LogP contribution in [0.1, 0.15) is 25.1 Å². The Morgan fingerprint density at radius 2 is 2.18 bits per heavy atom. The van der Waals surface area contributed by atoms with Gasteiger partial charge in [0.15, 0.2) is 0 Å². The van der Waals surface area contributed by atoms with E-state index < -0.39 is 6.09 Å². The van der Waals surface area contributed by atoms with Crippen molar-refractivity contribution in [3.05, 3.63) is 40.7 Å². The van der Waals surface area contributed by atoms with Crippen molar-refractivity contribution in [3.8, 4) is 21.5 Å². The van der Waals surface area contributed by atoms with Crippen molar-refractivity contribution in [1.82, 2.24) is 24.9 Å². The van der Waals surface area contributed by atoms with Crippen LogP contribution in [0.3, 0.4) is 0 Å². The van der Waals surface area contributed by atoms with Gasteiger partial charge in [0.1, 0.15) is 10.8 Å². The molecule has 0 atom stereocenters. The van der Waals surface area contributed by atoms with Gasteiger partial charge >= 0.3 is 6.09 Å². The summed E-state index contributed by atoms with van der Waals surface area (Å²) in [4.78, 5) is 12.5. The van der Waals surface area contributed by atoms with Crippen LogP contribution in [0.2, 0.25) is 5.02 Å². The van der Waals surface area contributed by atoms with Crippen LogP contribution in [0.15, 0.2) is 24.4 Å². The van der Waals surface area contributed by atoms with Crippen molar-refractivity contribution in [2.75, 3.05) is 6.54 Å². The van der Waals surface area contributed by atoms with E-state index in [1.165, 1.54) is 16.2 Å². The molecule has 1 aliphatic heterocycles. The third-order valence-corrected chi connectivity index (χ3v) is 5.54. The molecular weight excluding hydrogens is 402 g/mol. The number of fused-ring (bicyclic) bond motifs is 1. The zero-order chi connectivity index (χ0) is 19.8. The van der Waals surface area contributed by atoms with E-state index in [1.807, 2.05) is 38.2 Å². The van der Waals surface area contributed by atoms with Crippen LogP contribution >= 0.6 is 22.9 Å². The van der Waals surface area contributed by atoms with Crippen molar-refractivity contribution in [3.63, 3.8) is 0 Å². The van der Waals surface area contributed by atoms with Crippen molar-refractivity contribution < 1.29 is 14.6 Å². The third-order valence-electron chi connectivity index (χ3n) is 4.28. The summed E-state index contributed by atoms with van der Waals surface area (Å²) in [6, 6.07) is 5.53. The summed E-state index contributed by atoms with van der Waals surface area (Å²) in [5, 5.41) is 24.0. The number of rotatable bonds is 4. The van der Waals surface area contributed by atoms with Gasteiger partial charge in [-0.25, -0.2) is 9.48 Å². The van der Waals surface area contributed by atoms with Crippen LogP contribution in [0.4, 0.5) is 4.79 Å². The van der Waals surface area contributed by atoms with E-state index in [4.69, 9.17) is 21.4 Å². The Balaban J connectivity index is 1.57. The Morgan fingerprint density at radius 1 is 1.36 bits per heavy atom. The van der Waals surface area contributed by atoms with Crippen molar-refractivity contribution in [1.29, 1.82) is 0 Å². The minimum atomic E-state index is -0.918. The molecule has 1 aliphatic rings. The maximum Gasteiger partial charge on any atom is 0.407 e. The van der Waals surface area contributed by atoms with Gasteiger partial charge < -0.3 is 14.7 Å². The highest BCUT2D eigenvalue weighted by Gasteiger charge is 2.23. The summed E-state index contributed by atoms with van der Waals surface area (Å²) >= 11 is 7.70. The molecule has 0 saturated heterocycles. The number of aromatic nitrogens is 4. The summed E-state index contributed by atoms with van der Waals surface area (Å²) in [5.41, 5.74) is 2.63. The first-order valence-electron chi connectivity index (χ1n) is 8.76. The fourth-order valence-corrected chi connectivity index (χ4v) is 3.98. The predicted molar refractivity (Wildman–Crippen MR) is 105 cm³/mol. The van der Waals surface area contributed by atoms with Gasteiger partial charge in [0.2, 0.25) is 5.13 Å². The number of nitrogens with zero attached hydrogens (tertiary/aromatic N) is 5. The van der Waals surface area contributed by atoms with E-state index in [9.17, 15) is 4.79 Å². The molecule has 0 fully saturated rings. The molecule has 0 bridgehead atoms. The highest BCUT2D eigenvalue weighted by atomic mass is 35.5. The lowest BCUT2D eigenvalue weighted by Gasteiger charge is -2.22. The molecule has 0 aliphatic carbocycles. The van der Waals surface area contributed by atoms with E-state index in [0.29, 0.717) is 40.4 Å². The molecule has 1 N–H and O–H groups in total. The van der Waals surface area contributed by atoms with Crippen molar-refractivity contribution in [2.24, 2.45) is 0 Å². The smallest absolute Gasteiger partial charge is 0.407 e. The molecule has 28 heavy (non-hydrogen) atoms. The van der Waals surface area contributed by atoms with Gasteiger partial charge in [-0.15, -0.1) is 10.2 Å². The second-order valence-corrected chi connectivity index (χ2v) is 8.06. The molecule has 1 amide bonds. The first-order chi connectivity index (χ1) is 13.4. The summed E-state index contributed by atoms with van der Waals surface area (Å²) < 4.78 is 7.32. The first-order valence-corrected chi connectivity index (χ1v) is 9.96. The van der Waals surface area contributed by atoms with E-state index in [0.717, 1.165) is 16.8 Å². The molecule has 0 radical (unpaired) electrons. The number of halogens is 1. The zero-order valence-electron chi connectivity index (χ0n) is 15.3. The van der Waals surface area contributed by atoms with Crippen LogP contribution < -0.4 is 4.74 Å². The average Bonchev–Trinajstić information content (AvgIpc) is 3.28. The number of amides is 1. The fourth-order valence-electron chi connectivity index (χ4n) is 2.98. The van der Waals surface area contributed by atoms with Gasteiger partial charge in [0.05, 0.1) is 23.4 Å². The number of benzene rings is 1. The molecule has 0 saturated carbocycles. The molecular formula is C18H18ClN5O3S. The summed E-state index contributed by atoms with van der Waals surface area (Å²) in [6.45, 7) is 4.68. The lowest BCUT2D eigenvalue weighted by Crippen LogP contribution is -2.34. The maximum absolute atomic E-state index is 11.2. The van der Waals surface area contributed by atoms with Gasteiger partial charge in [0, 0.05) is 30.3 Å². The lowest BCUT2D eigenvalue weighted by molar-refractivity contribution is 0.140. The normalized spacial score (nSPS) is 13.6. The molecule has 10 heteroatoms. The van der Waals surface area contributed by atoms with Crippen LogP contribution in [-0.2, 0) is 13.0 Å². The minimum Gasteiger partial charge on any atom is -0.489 e. The molecule has 2 aromatic heterocycles. The summed E-state index contributed by atoms with van der Waals surface area (Å²) in [5.74, 6) is 0.632. The quantitative estimate of drug-likeness (QED) is 0.690. The number of hydrogen-bond donors (Lipinski definition) is 1. The average molecular weight is 420 g/mol. The SMILES string of the molecule is CC(C)Oc1ccc(-c2nnc(-n3cc4c(n3)CCN(C(=O)O)C4)s2)cc1Cl. The van der Waals surface area contributed by atoms with Gasteiger partial charge in [0.25, 0.3) is 0 Å². The Bertz CT molecular complexity index is 1030. The number of carbonyl (C=O) groups is 1. The standard InChI is InChI=1S/C18H18ClN5O3S/c1-10(2)27-15-4-3-11(7-13(15)19)16-20-21-17(28-16)24-9-12-8-23(18(25)26)6-5-14(12)22-24/h3-4,7,9-10H,5-6,8H2,1-2H3,(H,25,26). The van der Waals surface area contributed by atoms with Crippen LogP contribution in [0.5, 0.6) is 5.75 Å². The van der Waals surface area contributed by atoms with E-state index in [2.05, 4.69) is 15.3 Å². The number of carboxylic acid groups (broad SMARTS) is 1. The molecule has 3 heterocycles. The monoisotopic (exact) mass is 419 g/mol. The van der Waals surface area contributed by atoms with Crippen molar-refractivity contribution in [2.45, 2.75) is 32.9 Å². The van der Waals surface area contributed by atoms with E-state index >= 15 is 0 Å². The topological polar surface area (TPSA) is 93.4 Å².